The van der Waals surface area contributed by atoms with Crippen molar-refractivity contribution in [1.29, 1.82) is 0 Å². The Morgan fingerprint density at radius 3 is 2.34 bits per heavy atom. The minimum absolute atomic E-state index is 0.274. The standard InChI is InChI=1S/C23H23N3O3/c1-3-16-9-5-7-11-19(16)26-22(27)21-14-13-17(15-24-21)25-20-12-8-6-10-18(20)23(28)29-4-2/h5-15,25H,3-4H2,1-2H3,(H,26,27). The smallest absolute Gasteiger partial charge is 0.340 e. The summed E-state index contributed by atoms with van der Waals surface area (Å²) in [4.78, 5) is 28.9. The van der Waals surface area contributed by atoms with Crippen molar-refractivity contribution >= 4 is 28.9 Å². The quantitative estimate of drug-likeness (QED) is 0.567. The van der Waals surface area contributed by atoms with Crippen molar-refractivity contribution in [3.05, 3.63) is 83.7 Å². The zero-order chi connectivity index (χ0) is 20.6. The molecule has 3 aromatic rings. The highest BCUT2D eigenvalue weighted by Crippen LogP contribution is 2.22. The minimum Gasteiger partial charge on any atom is -0.462 e. The lowest BCUT2D eigenvalue weighted by Crippen LogP contribution is -2.14. The van der Waals surface area contributed by atoms with Crippen LogP contribution in [0.3, 0.4) is 0 Å². The number of esters is 1. The summed E-state index contributed by atoms with van der Waals surface area (Å²) in [6.07, 6.45) is 2.38. The normalized spacial score (nSPS) is 10.3. The molecule has 0 saturated heterocycles. The van der Waals surface area contributed by atoms with Gasteiger partial charge in [-0.25, -0.2) is 9.78 Å². The Morgan fingerprint density at radius 1 is 0.931 bits per heavy atom. The van der Waals surface area contributed by atoms with Gasteiger partial charge in [0, 0.05) is 5.69 Å². The van der Waals surface area contributed by atoms with Crippen molar-refractivity contribution in [1.82, 2.24) is 4.98 Å². The van der Waals surface area contributed by atoms with Crippen LogP contribution in [0.5, 0.6) is 0 Å². The molecule has 0 atom stereocenters. The molecule has 1 heterocycles. The molecule has 0 bridgehead atoms. The third kappa shape index (κ3) is 4.99. The number of hydrogen-bond donors (Lipinski definition) is 2. The lowest BCUT2D eigenvalue weighted by Gasteiger charge is -2.12. The van der Waals surface area contributed by atoms with Gasteiger partial charge in [-0.1, -0.05) is 37.3 Å². The number of pyridine rings is 1. The summed E-state index contributed by atoms with van der Waals surface area (Å²) >= 11 is 0. The Kier molecular flexibility index (Phi) is 6.58. The Bertz CT molecular complexity index is 1000. The Labute approximate surface area is 169 Å². The van der Waals surface area contributed by atoms with Gasteiger partial charge in [-0.2, -0.15) is 0 Å². The largest absolute Gasteiger partial charge is 0.462 e. The molecule has 3 rings (SSSR count). The van der Waals surface area contributed by atoms with Gasteiger partial charge < -0.3 is 15.4 Å². The molecule has 2 N–H and O–H groups in total. The number of nitrogens with one attached hydrogen (secondary N) is 2. The maximum atomic E-state index is 12.5. The van der Waals surface area contributed by atoms with Crippen molar-refractivity contribution in [2.75, 3.05) is 17.2 Å². The fourth-order valence-corrected chi connectivity index (χ4v) is 2.87. The van der Waals surface area contributed by atoms with E-state index in [2.05, 4.69) is 15.6 Å². The second kappa shape index (κ2) is 9.50. The maximum Gasteiger partial charge on any atom is 0.340 e. The number of hydrogen-bond acceptors (Lipinski definition) is 5. The van der Waals surface area contributed by atoms with Crippen LogP contribution in [0.1, 0.15) is 40.3 Å². The zero-order valence-corrected chi connectivity index (χ0v) is 16.4. The first kappa shape index (κ1) is 20.1. The number of rotatable bonds is 7. The molecule has 6 nitrogen and oxygen atoms in total. The SMILES string of the molecule is CCOC(=O)c1ccccc1Nc1ccc(C(=O)Nc2ccccc2CC)nc1. The third-order valence-corrected chi connectivity index (χ3v) is 4.34. The number of carbonyl (C=O) groups is 2. The van der Waals surface area contributed by atoms with E-state index in [-0.39, 0.29) is 5.91 Å². The Hall–Kier alpha value is -3.67. The van der Waals surface area contributed by atoms with Crippen LogP contribution < -0.4 is 10.6 Å². The van der Waals surface area contributed by atoms with E-state index in [9.17, 15) is 9.59 Å². The molecular formula is C23H23N3O3. The average Bonchev–Trinajstić information content (AvgIpc) is 2.75. The molecule has 0 aliphatic carbocycles. The van der Waals surface area contributed by atoms with Crippen molar-refractivity contribution in [3.8, 4) is 0 Å². The van der Waals surface area contributed by atoms with Crippen LogP contribution in [0.2, 0.25) is 0 Å². The van der Waals surface area contributed by atoms with Crippen molar-refractivity contribution in [2.24, 2.45) is 0 Å². The van der Waals surface area contributed by atoms with E-state index in [0.717, 1.165) is 17.7 Å². The van der Waals surface area contributed by atoms with Crippen LogP contribution in [0.4, 0.5) is 17.1 Å². The first-order chi connectivity index (χ1) is 14.1. The van der Waals surface area contributed by atoms with E-state index >= 15 is 0 Å². The van der Waals surface area contributed by atoms with Crippen LogP contribution in [-0.4, -0.2) is 23.5 Å². The average molecular weight is 389 g/mol. The van der Waals surface area contributed by atoms with Gasteiger partial charge in [0.05, 0.1) is 29.7 Å². The van der Waals surface area contributed by atoms with Gasteiger partial charge in [0.25, 0.3) is 5.91 Å². The van der Waals surface area contributed by atoms with Gasteiger partial charge >= 0.3 is 5.97 Å². The van der Waals surface area contributed by atoms with Crippen LogP contribution >= 0.6 is 0 Å². The molecule has 2 aromatic carbocycles. The van der Waals surface area contributed by atoms with Gasteiger partial charge in [-0.05, 0) is 49.2 Å². The minimum atomic E-state index is -0.394. The molecule has 1 amide bonds. The molecule has 0 aliphatic heterocycles. The first-order valence-corrected chi connectivity index (χ1v) is 9.50. The number of benzene rings is 2. The first-order valence-electron chi connectivity index (χ1n) is 9.50. The predicted molar refractivity (Wildman–Crippen MR) is 114 cm³/mol. The summed E-state index contributed by atoms with van der Waals surface area (Å²) in [7, 11) is 0. The van der Waals surface area contributed by atoms with E-state index in [1.54, 1.807) is 43.5 Å². The van der Waals surface area contributed by atoms with Gasteiger partial charge in [0.15, 0.2) is 0 Å². The number of anilines is 3. The summed E-state index contributed by atoms with van der Waals surface area (Å²) in [6.45, 7) is 4.11. The summed E-state index contributed by atoms with van der Waals surface area (Å²) in [5.41, 5.74) is 3.86. The van der Waals surface area contributed by atoms with Crippen LogP contribution in [0.15, 0.2) is 66.9 Å². The predicted octanol–water partition coefficient (Wildman–Crippen LogP) is 4.82. The number of ether oxygens (including phenoxy) is 1. The third-order valence-electron chi connectivity index (χ3n) is 4.34. The summed E-state index contributed by atoms with van der Waals surface area (Å²) in [5.74, 6) is -0.668. The highest BCUT2D eigenvalue weighted by Gasteiger charge is 2.13. The monoisotopic (exact) mass is 389 g/mol. The fraction of sp³-hybridized carbons (Fsp3) is 0.174. The molecular weight excluding hydrogens is 366 g/mol. The lowest BCUT2D eigenvalue weighted by atomic mass is 10.1. The number of nitrogens with zero attached hydrogens (tertiary/aromatic N) is 1. The fourth-order valence-electron chi connectivity index (χ4n) is 2.87. The van der Waals surface area contributed by atoms with Crippen molar-refractivity contribution in [3.63, 3.8) is 0 Å². The van der Waals surface area contributed by atoms with Gasteiger partial charge in [-0.15, -0.1) is 0 Å². The van der Waals surface area contributed by atoms with Crippen molar-refractivity contribution in [2.45, 2.75) is 20.3 Å². The van der Waals surface area contributed by atoms with E-state index in [1.807, 2.05) is 37.3 Å². The number of aromatic nitrogens is 1. The molecule has 0 saturated carbocycles. The number of carbonyl (C=O) groups excluding carboxylic acids is 2. The summed E-state index contributed by atoms with van der Waals surface area (Å²) in [5, 5.41) is 6.05. The molecule has 29 heavy (non-hydrogen) atoms. The molecule has 6 heteroatoms. The van der Waals surface area contributed by atoms with Crippen LogP contribution in [-0.2, 0) is 11.2 Å². The molecule has 0 unspecified atom stereocenters. The zero-order valence-electron chi connectivity index (χ0n) is 16.4. The number of aryl methyl sites for hydroxylation is 1. The molecule has 0 spiro atoms. The van der Waals surface area contributed by atoms with E-state index in [0.29, 0.717) is 29.2 Å². The summed E-state index contributed by atoms with van der Waals surface area (Å²) in [6, 6.07) is 18.2. The van der Waals surface area contributed by atoms with E-state index in [4.69, 9.17) is 4.74 Å². The molecule has 1 aromatic heterocycles. The second-order valence-electron chi connectivity index (χ2n) is 6.29. The van der Waals surface area contributed by atoms with Gasteiger partial charge in [0.1, 0.15) is 5.69 Å². The lowest BCUT2D eigenvalue weighted by molar-refractivity contribution is 0.0527. The van der Waals surface area contributed by atoms with Gasteiger partial charge in [-0.3, -0.25) is 4.79 Å². The van der Waals surface area contributed by atoms with Crippen molar-refractivity contribution < 1.29 is 14.3 Å². The second-order valence-corrected chi connectivity index (χ2v) is 6.29. The number of para-hydroxylation sites is 2. The highest BCUT2D eigenvalue weighted by atomic mass is 16.5. The molecule has 0 fully saturated rings. The van der Waals surface area contributed by atoms with Crippen LogP contribution in [0.25, 0.3) is 0 Å². The van der Waals surface area contributed by atoms with Crippen LogP contribution in [0, 0.1) is 0 Å². The topological polar surface area (TPSA) is 80.3 Å². The summed E-state index contributed by atoms with van der Waals surface area (Å²) < 4.78 is 5.08. The molecule has 0 radical (unpaired) electrons. The van der Waals surface area contributed by atoms with E-state index in [1.165, 1.54) is 0 Å². The molecule has 148 valence electrons. The van der Waals surface area contributed by atoms with Gasteiger partial charge in [0.2, 0.25) is 0 Å². The molecule has 0 aliphatic rings. The Balaban J connectivity index is 1.73. The highest BCUT2D eigenvalue weighted by molar-refractivity contribution is 6.03. The Morgan fingerprint density at radius 2 is 1.66 bits per heavy atom. The van der Waals surface area contributed by atoms with E-state index < -0.39 is 5.97 Å². The maximum absolute atomic E-state index is 12.5. The number of amides is 1.